The highest BCUT2D eigenvalue weighted by Crippen LogP contribution is 2.58. The van der Waals surface area contributed by atoms with Crippen LogP contribution in [0.1, 0.15) is 12.8 Å². The molecule has 5 N–H and O–H groups in total. The van der Waals surface area contributed by atoms with Gasteiger partial charge in [-0.3, -0.25) is 18.7 Å². The van der Waals surface area contributed by atoms with E-state index in [4.69, 9.17) is 19.6 Å². The first-order valence-electron chi connectivity index (χ1n) is 6.25. The fourth-order valence-corrected chi connectivity index (χ4v) is 5.00. The van der Waals surface area contributed by atoms with Gasteiger partial charge in [-0.05, 0) is 31.5 Å². The molecule has 0 spiro atoms. The maximum atomic E-state index is 11.8. The molecule has 0 saturated heterocycles. The summed E-state index contributed by atoms with van der Waals surface area (Å²) in [5.74, 6) is 0.301. The molecule has 0 radical (unpaired) electrons. The van der Waals surface area contributed by atoms with Gasteiger partial charge in [0.15, 0.2) is 0 Å². The number of pyridine rings is 1. The number of nitrogens with zero attached hydrogens (tertiary/aromatic N) is 1. The Morgan fingerprint density at radius 1 is 1.14 bits per heavy atom. The van der Waals surface area contributed by atoms with Crippen molar-refractivity contribution in [1.82, 2.24) is 10.3 Å². The van der Waals surface area contributed by atoms with Crippen molar-refractivity contribution in [1.29, 1.82) is 0 Å². The summed E-state index contributed by atoms with van der Waals surface area (Å²) >= 11 is 0. The normalized spacial score (nSPS) is 14.2. The molecule has 1 unspecified atom stereocenters. The van der Waals surface area contributed by atoms with Crippen molar-refractivity contribution < 1.29 is 32.9 Å². The fourth-order valence-electron chi connectivity index (χ4n) is 1.61. The van der Waals surface area contributed by atoms with Crippen LogP contribution >= 0.6 is 15.2 Å². The zero-order chi connectivity index (χ0) is 16.8. The van der Waals surface area contributed by atoms with E-state index < -0.39 is 31.5 Å². The molecule has 0 aliphatic heterocycles. The van der Waals surface area contributed by atoms with E-state index in [9.17, 15) is 13.3 Å². The summed E-state index contributed by atoms with van der Waals surface area (Å²) in [5, 5.41) is 2.62. The van der Waals surface area contributed by atoms with E-state index in [1.807, 2.05) is 0 Å². The molecule has 0 bridgehead atoms. The van der Waals surface area contributed by atoms with Crippen LogP contribution in [0.4, 0.5) is 0 Å². The summed E-state index contributed by atoms with van der Waals surface area (Å²) in [4.78, 5) is 39.6. The summed E-state index contributed by atoms with van der Waals surface area (Å²) in [6.07, 6.45) is 2.33. The van der Waals surface area contributed by atoms with Crippen molar-refractivity contribution in [3.05, 3.63) is 24.4 Å². The summed E-state index contributed by atoms with van der Waals surface area (Å²) < 4.78 is 33.9. The quantitative estimate of drug-likeness (QED) is 0.302. The topological polar surface area (TPSA) is 157 Å². The first-order valence-corrected chi connectivity index (χ1v) is 10.9. The highest BCUT2D eigenvalue weighted by Gasteiger charge is 2.42. The van der Waals surface area contributed by atoms with Gasteiger partial charge < -0.3 is 19.6 Å². The van der Waals surface area contributed by atoms with Crippen LogP contribution in [0.25, 0.3) is 0 Å². The van der Waals surface area contributed by atoms with Crippen LogP contribution in [0, 0.1) is 0 Å². The van der Waals surface area contributed by atoms with Gasteiger partial charge in [0.25, 0.3) is 0 Å². The van der Waals surface area contributed by atoms with E-state index in [1.165, 1.54) is 6.20 Å². The van der Waals surface area contributed by atoms with E-state index in [1.54, 1.807) is 18.2 Å². The van der Waals surface area contributed by atoms with Gasteiger partial charge in [-0.25, -0.2) is 4.98 Å². The SMILES string of the molecule is O=S(CCCCNC(P(=O)(O)O)P(=O)(O)O)c1ccccn1. The first-order chi connectivity index (χ1) is 10.1. The minimum absolute atomic E-state index is 0.0136. The molecule has 1 heterocycles. The maximum absolute atomic E-state index is 11.8. The molecule has 1 aromatic heterocycles. The Balaban J connectivity index is 2.37. The molecule has 0 amide bonds. The molecule has 1 rings (SSSR count). The largest absolute Gasteiger partial charge is 0.354 e. The zero-order valence-electron chi connectivity index (χ0n) is 11.5. The molecule has 0 aliphatic carbocycles. The van der Waals surface area contributed by atoms with Crippen molar-refractivity contribution in [2.75, 3.05) is 12.3 Å². The van der Waals surface area contributed by atoms with Crippen LogP contribution < -0.4 is 5.32 Å². The van der Waals surface area contributed by atoms with Gasteiger partial charge in [0.2, 0.25) is 5.52 Å². The average molecular weight is 372 g/mol. The Morgan fingerprint density at radius 2 is 1.77 bits per heavy atom. The number of aromatic nitrogens is 1. The molecular weight excluding hydrogens is 354 g/mol. The van der Waals surface area contributed by atoms with Gasteiger partial charge in [-0.1, -0.05) is 6.07 Å². The second kappa shape index (κ2) is 8.42. The number of nitrogens with one attached hydrogen (secondary N) is 1. The maximum Gasteiger partial charge on any atom is 0.354 e. The van der Waals surface area contributed by atoms with Crippen LogP contribution in [0.3, 0.4) is 0 Å². The third-order valence-corrected chi connectivity index (χ3v) is 7.40. The third-order valence-electron chi connectivity index (χ3n) is 2.59. The van der Waals surface area contributed by atoms with Gasteiger partial charge in [-0.15, -0.1) is 0 Å². The molecule has 0 fully saturated rings. The molecule has 12 heteroatoms. The standard InChI is InChI=1S/C10H18N2O7P2S/c13-20(14,15)10(21(16,17)18)12-7-3-4-8-22(19)9-5-1-2-6-11-9/h1-2,5-6,10,12H,3-4,7-8H2,(H2,13,14,15)(H2,16,17,18). The van der Waals surface area contributed by atoms with Gasteiger partial charge in [0.1, 0.15) is 5.03 Å². The van der Waals surface area contributed by atoms with Crippen molar-refractivity contribution in [2.45, 2.75) is 23.4 Å². The van der Waals surface area contributed by atoms with E-state index in [2.05, 4.69) is 10.3 Å². The predicted octanol–water partition coefficient (Wildman–Crippen LogP) is 0.198. The van der Waals surface area contributed by atoms with E-state index in [0.717, 1.165) is 0 Å². The summed E-state index contributed by atoms with van der Waals surface area (Å²) in [7, 11) is -11.2. The Morgan fingerprint density at radius 3 is 2.27 bits per heavy atom. The zero-order valence-corrected chi connectivity index (χ0v) is 14.1. The van der Waals surface area contributed by atoms with Gasteiger partial charge in [0, 0.05) is 11.9 Å². The van der Waals surface area contributed by atoms with Crippen LogP contribution in [0.5, 0.6) is 0 Å². The van der Waals surface area contributed by atoms with Gasteiger partial charge >= 0.3 is 15.2 Å². The molecule has 1 atom stereocenters. The summed E-state index contributed by atoms with van der Waals surface area (Å²) in [6, 6.07) is 5.05. The fraction of sp³-hybridized carbons (Fsp3) is 0.500. The lowest BCUT2D eigenvalue weighted by Crippen LogP contribution is -2.30. The molecule has 126 valence electrons. The molecule has 0 aliphatic rings. The second-order valence-electron chi connectivity index (χ2n) is 4.43. The smallest absolute Gasteiger partial charge is 0.323 e. The predicted molar refractivity (Wildman–Crippen MR) is 80.6 cm³/mol. The first kappa shape index (κ1) is 19.6. The van der Waals surface area contributed by atoms with Crippen molar-refractivity contribution in [2.24, 2.45) is 0 Å². The Bertz CT molecular complexity index is 566. The van der Waals surface area contributed by atoms with Crippen LogP contribution in [-0.4, -0.2) is 46.6 Å². The minimum atomic E-state index is -4.96. The molecular formula is C10H18N2O7P2S. The number of hydrogen-bond donors (Lipinski definition) is 5. The second-order valence-corrected chi connectivity index (χ2v) is 9.74. The van der Waals surface area contributed by atoms with E-state index in [-0.39, 0.29) is 6.54 Å². The third kappa shape index (κ3) is 6.76. The van der Waals surface area contributed by atoms with Crippen LogP contribution in [0.15, 0.2) is 29.4 Å². The van der Waals surface area contributed by atoms with Crippen LogP contribution in [0.2, 0.25) is 0 Å². The Labute approximate surface area is 130 Å². The molecule has 0 saturated carbocycles. The number of rotatable bonds is 9. The van der Waals surface area contributed by atoms with E-state index >= 15 is 0 Å². The molecule has 0 aromatic carbocycles. The number of hydrogen-bond acceptors (Lipinski definition) is 5. The Hall–Kier alpha value is -0.440. The summed E-state index contributed by atoms with van der Waals surface area (Å²) in [5.41, 5.74) is -2.21. The molecule has 1 aromatic rings. The Kier molecular flexibility index (Phi) is 7.51. The average Bonchev–Trinajstić information content (AvgIpc) is 2.40. The lowest BCUT2D eigenvalue weighted by molar-refractivity contribution is 0.327. The van der Waals surface area contributed by atoms with E-state index in [0.29, 0.717) is 23.6 Å². The lowest BCUT2D eigenvalue weighted by Gasteiger charge is -2.20. The molecule has 9 nitrogen and oxygen atoms in total. The minimum Gasteiger partial charge on any atom is -0.323 e. The highest BCUT2D eigenvalue weighted by molar-refractivity contribution is 7.84. The van der Waals surface area contributed by atoms with Gasteiger partial charge in [0.05, 0.1) is 10.8 Å². The van der Waals surface area contributed by atoms with Crippen molar-refractivity contribution >= 4 is 26.0 Å². The van der Waals surface area contributed by atoms with Crippen molar-refractivity contribution in [3.8, 4) is 0 Å². The molecule has 22 heavy (non-hydrogen) atoms. The summed E-state index contributed by atoms with van der Waals surface area (Å²) in [6.45, 7) is -0.0136. The number of unbranched alkanes of at least 4 members (excludes halogenated alkanes) is 1. The van der Waals surface area contributed by atoms with Crippen LogP contribution in [-0.2, 0) is 19.9 Å². The van der Waals surface area contributed by atoms with Crippen molar-refractivity contribution in [3.63, 3.8) is 0 Å². The monoisotopic (exact) mass is 372 g/mol. The lowest BCUT2D eigenvalue weighted by atomic mass is 10.3. The van der Waals surface area contributed by atoms with Gasteiger partial charge in [-0.2, -0.15) is 0 Å². The highest BCUT2D eigenvalue weighted by atomic mass is 32.2.